The highest BCUT2D eigenvalue weighted by molar-refractivity contribution is 5.84. The molecule has 0 radical (unpaired) electrons. The maximum Gasteiger partial charge on any atom is 0.217 e. The minimum atomic E-state index is -0.406. The number of ketones is 1. The van der Waals surface area contributed by atoms with E-state index in [9.17, 15) is 9.59 Å². The van der Waals surface area contributed by atoms with Crippen molar-refractivity contribution in [3.8, 4) is 5.75 Å². The Hall–Kier alpha value is -2.82. The maximum atomic E-state index is 12.1. The van der Waals surface area contributed by atoms with Gasteiger partial charge in [0.2, 0.25) is 5.91 Å². The molecule has 33 heavy (non-hydrogen) atoms. The Bertz CT molecular complexity index is 912. The van der Waals surface area contributed by atoms with Crippen LogP contribution in [0.25, 0.3) is 0 Å². The van der Waals surface area contributed by atoms with Crippen LogP contribution in [0.1, 0.15) is 69.4 Å². The first kappa shape index (κ1) is 24.8. The third-order valence-corrected chi connectivity index (χ3v) is 6.62. The van der Waals surface area contributed by atoms with Crippen LogP contribution >= 0.6 is 0 Å². The number of para-hydroxylation sites is 2. The van der Waals surface area contributed by atoms with Gasteiger partial charge in [-0.3, -0.25) is 9.59 Å². The van der Waals surface area contributed by atoms with Crippen molar-refractivity contribution in [1.82, 2.24) is 0 Å². The van der Waals surface area contributed by atoms with E-state index >= 15 is 0 Å². The van der Waals surface area contributed by atoms with Gasteiger partial charge in [0, 0.05) is 32.4 Å². The number of carbonyl (C=O) groups excluding carboxylic acids is 2. The van der Waals surface area contributed by atoms with E-state index in [1.807, 2.05) is 6.07 Å². The van der Waals surface area contributed by atoms with Gasteiger partial charge >= 0.3 is 0 Å². The second kappa shape index (κ2) is 13.0. The summed E-state index contributed by atoms with van der Waals surface area (Å²) in [4.78, 5) is 25.5. The number of fused-ring (bicyclic) bond motifs is 1. The predicted molar refractivity (Wildman–Crippen MR) is 133 cm³/mol. The molecule has 2 N–H and O–H groups in total. The zero-order chi connectivity index (χ0) is 23.5. The standard InChI is InChI=1S/C28H38N2O3/c1-2-23-10-3-4-11-24(23)21-30-19-8-7-9-22(14-15-25(31)16-17-28(29)32)18-20-33-27-13-6-5-12-26(27)30/h3-6,10-13,22H,2,7-9,14-21H2,1H3,(H2,29,32). The number of hydrogen-bond donors (Lipinski definition) is 1. The smallest absolute Gasteiger partial charge is 0.217 e. The van der Waals surface area contributed by atoms with Crippen LogP contribution in [0.3, 0.4) is 0 Å². The van der Waals surface area contributed by atoms with Crippen molar-refractivity contribution in [2.24, 2.45) is 11.7 Å². The number of Topliss-reactive ketones (excluding diaryl/α,β-unsaturated/α-hetero) is 1. The number of ether oxygens (including phenoxy) is 1. The summed E-state index contributed by atoms with van der Waals surface area (Å²) in [6, 6.07) is 17.0. The second-order valence-corrected chi connectivity index (χ2v) is 9.05. The molecular weight excluding hydrogens is 412 g/mol. The van der Waals surface area contributed by atoms with Crippen LogP contribution in [-0.2, 0) is 22.6 Å². The molecule has 0 saturated heterocycles. The molecule has 0 aliphatic carbocycles. The molecule has 0 bridgehead atoms. The number of anilines is 1. The molecule has 1 amide bonds. The Balaban J connectivity index is 1.66. The lowest BCUT2D eigenvalue weighted by atomic mass is 9.92. The molecular formula is C28H38N2O3. The van der Waals surface area contributed by atoms with Crippen LogP contribution in [0.4, 0.5) is 5.69 Å². The zero-order valence-corrected chi connectivity index (χ0v) is 19.9. The van der Waals surface area contributed by atoms with Gasteiger partial charge in [-0.05, 0) is 54.9 Å². The van der Waals surface area contributed by atoms with Gasteiger partial charge in [-0.2, -0.15) is 0 Å². The fourth-order valence-corrected chi connectivity index (χ4v) is 4.64. The third kappa shape index (κ3) is 7.92. The van der Waals surface area contributed by atoms with Crippen LogP contribution in [0.2, 0.25) is 0 Å². The maximum absolute atomic E-state index is 12.1. The molecule has 0 spiro atoms. The average molecular weight is 451 g/mol. The van der Waals surface area contributed by atoms with Gasteiger partial charge in [-0.25, -0.2) is 0 Å². The summed E-state index contributed by atoms with van der Waals surface area (Å²) >= 11 is 0. The van der Waals surface area contributed by atoms with Crippen LogP contribution in [0.5, 0.6) is 5.75 Å². The minimum absolute atomic E-state index is 0.134. The Morgan fingerprint density at radius 2 is 1.73 bits per heavy atom. The SMILES string of the molecule is CCc1ccccc1CN1CCCCC(CCC(=O)CCC(N)=O)CCOc2ccccc21. The number of nitrogens with zero attached hydrogens (tertiary/aromatic N) is 1. The first-order valence-electron chi connectivity index (χ1n) is 12.4. The molecule has 0 fully saturated rings. The van der Waals surface area contributed by atoms with Gasteiger partial charge in [-0.1, -0.05) is 56.2 Å². The molecule has 1 atom stereocenters. The van der Waals surface area contributed by atoms with Crippen molar-refractivity contribution < 1.29 is 14.3 Å². The van der Waals surface area contributed by atoms with E-state index < -0.39 is 5.91 Å². The first-order valence-corrected chi connectivity index (χ1v) is 12.4. The van der Waals surface area contributed by atoms with E-state index in [2.05, 4.69) is 54.3 Å². The average Bonchev–Trinajstić information content (AvgIpc) is 2.86. The minimum Gasteiger partial charge on any atom is -0.491 e. The topological polar surface area (TPSA) is 72.6 Å². The summed E-state index contributed by atoms with van der Waals surface area (Å²) in [5, 5.41) is 0. The lowest BCUT2D eigenvalue weighted by Crippen LogP contribution is -2.25. The number of primary amides is 1. The number of benzene rings is 2. The Morgan fingerprint density at radius 3 is 2.52 bits per heavy atom. The molecule has 178 valence electrons. The van der Waals surface area contributed by atoms with E-state index in [1.54, 1.807) is 0 Å². The Kier molecular flexibility index (Phi) is 9.79. The summed E-state index contributed by atoms with van der Waals surface area (Å²) in [6.07, 6.45) is 7.11. The Morgan fingerprint density at radius 1 is 0.970 bits per heavy atom. The number of nitrogens with two attached hydrogens (primary N) is 1. The van der Waals surface area contributed by atoms with Crippen LogP contribution in [-0.4, -0.2) is 24.8 Å². The summed E-state index contributed by atoms with van der Waals surface area (Å²) in [5.41, 5.74) is 9.09. The molecule has 0 saturated carbocycles. The molecule has 1 aliphatic heterocycles. The van der Waals surface area contributed by atoms with Crippen LogP contribution in [0, 0.1) is 5.92 Å². The highest BCUT2D eigenvalue weighted by Crippen LogP contribution is 2.32. The largest absolute Gasteiger partial charge is 0.491 e. The molecule has 1 unspecified atom stereocenters. The lowest BCUT2D eigenvalue weighted by Gasteiger charge is -2.27. The third-order valence-electron chi connectivity index (χ3n) is 6.62. The summed E-state index contributed by atoms with van der Waals surface area (Å²) in [7, 11) is 0. The molecule has 5 heteroatoms. The van der Waals surface area contributed by atoms with Crippen LogP contribution < -0.4 is 15.4 Å². The van der Waals surface area contributed by atoms with Crippen molar-refractivity contribution in [2.75, 3.05) is 18.1 Å². The molecule has 1 heterocycles. The molecule has 3 rings (SSSR count). The predicted octanol–water partition coefficient (Wildman–Crippen LogP) is 5.44. The van der Waals surface area contributed by atoms with E-state index in [-0.39, 0.29) is 18.6 Å². The number of hydrogen-bond acceptors (Lipinski definition) is 4. The number of carbonyl (C=O) groups is 2. The van der Waals surface area contributed by atoms with Crippen molar-refractivity contribution in [3.05, 3.63) is 59.7 Å². The van der Waals surface area contributed by atoms with E-state index in [1.165, 1.54) is 11.1 Å². The monoisotopic (exact) mass is 450 g/mol. The fourth-order valence-electron chi connectivity index (χ4n) is 4.64. The van der Waals surface area contributed by atoms with Crippen molar-refractivity contribution in [1.29, 1.82) is 0 Å². The van der Waals surface area contributed by atoms with Gasteiger partial charge in [0.1, 0.15) is 11.5 Å². The van der Waals surface area contributed by atoms with Crippen molar-refractivity contribution in [2.45, 2.75) is 71.3 Å². The number of aryl methyl sites for hydroxylation is 1. The molecule has 2 aromatic carbocycles. The van der Waals surface area contributed by atoms with Gasteiger partial charge in [-0.15, -0.1) is 0 Å². The normalized spacial score (nSPS) is 16.9. The quantitative estimate of drug-likeness (QED) is 0.552. The number of amides is 1. The number of rotatable bonds is 9. The molecule has 2 aromatic rings. The lowest BCUT2D eigenvalue weighted by molar-refractivity contribution is -0.123. The molecule has 0 aromatic heterocycles. The molecule has 5 nitrogen and oxygen atoms in total. The van der Waals surface area contributed by atoms with Gasteiger partial charge in [0.25, 0.3) is 0 Å². The Labute approximate surface area is 198 Å². The summed E-state index contributed by atoms with van der Waals surface area (Å²) in [6.45, 7) is 4.71. The summed E-state index contributed by atoms with van der Waals surface area (Å²) in [5.74, 6) is 1.12. The van der Waals surface area contributed by atoms with Crippen molar-refractivity contribution in [3.63, 3.8) is 0 Å². The highest BCUT2D eigenvalue weighted by Gasteiger charge is 2.18. The van der Waals surface area contributed by atoms with Crippen molar-refractivity contribution >= 4 is 17.4 Å². The van der Waals surface area contributed by atoms with Gasteiger partial charge < -0.3 is 15.4 Å². The van der Waals surface area contributed by atoms with E-state index in [4.69, 9.17) is 10.5 Å². The van der Waals surface area contributed by atoms with E-state index in [0.29, 0.717) is 18.9 Å². The highest BCUT2D eigenvalue weighted by atomic mass is 16.5. The van der Waals surface area contributed by atoms with Crippen LogP contribution in [0.15, 0.2) is 48.5 Å². The van der Waals surface area contributed by atoms with Gasteiger partial charge in [0.05, 0.1) is 12.3 Å². The summed E-state index contributed by atoms with van der Waals surface area (Å²) < 4.78 is 6.27. The molecule has 1 aliphatic rings. The first-order chi connectivity index (χ1) is 16.1. The van der Waals surface area contributed by atoms with Gasteiger partial charge in [0.15, 0.2) is 0 Å². The second-order valence-electron chi connectivity index (χ2n) is 9.05. The van der Waals surface area contributed by atoms with E-state index in [0.717, 1.165) is 63.1 Å². The fraction of sp³-hybridized carbons (Fsp3) is 0.500. The zero-order valence-electron chi connectivity index (χ0n) is 19.9.